The molecule has 5 heteroatoms. The number of rotatable bonds is 1. The zero-order valence-electron chi connectivity index (χ0n) is 9.27. The van der Waals surface area contributed by atoms with Crippen LogP contribution in [0.15, 0.2) is 12.4 Å². The van der Waals surface area contributed by atoms with Crippen LogP contribution >= 0.6 is 11.3 Å². The molecule has 16 heavy (non-hydrogen) atoms. The van der Waals surface area contributed by atoms with Crippen LogP contribution in [0.4, 0.5) is 0 Å². The molecule has 0 saturated carbocycles. The molecule has 0 bridgehead atoms. The molecule has 86 valence electrons. The maximum absolute atomic E-state index is 5.85. The summed E-state index contributed by atoms with van der Waals surface area (Å²) in [6, 6.07) is 0. The highest BCUT2D eigenvalue weighted by Crippen LogP contribution is 2.26. The van der Waals surface area contributed by atoms with Crippen LogP contribution in [0.1, 0.15) is 23.1 Å². The van der Waals surface area contributed by atoms with Crippen LogP contribution in [0.25, 0.3) is 4.96 Å². The molecule has 3 heterocycles. The largest absolute Gasteiger partial charge is 0.371 e. The Labute approximate surface area is 98.3 Å². The molecule has 0 amide bonds. The first-order chi connectivity index (χ1) is 7.84. The molecule has 0 aliphatic carbocycles. The van der Waals surface area contributed by atoms with Crippen LogP contribution in [-0.2, 0) is 4.74 Å². The van der Waals surface area contributed by atoms with Gasteiger partial charge in [-0.05, 0) is 19.9 Å². The highest BCUT2D eigenvalue weighted by molar-refractivity contribution is 7.16. The van der Waals surface area contributed by atoms with Crippen molar-refractivity contribution in [3.63, 3.8) is 0 Å². The zero-order chi connectivity index (χ0) is 11.0. The minimum Gasteiger partial charge on any atom is -0.371 e. The predicted molar refractivity (Wildman–Crippen MR) is 64.0 cm³/mol. The number of aromatic nitrogens is 2. The Morgan fingerprint density at radius 3 is 3.44 bits per heavy atom. The van der Waals surface area contributed by atoms with Crippen LogP contribution < -0.4 is 5.32 Å². The summed E-state index contributed by atoms with van der Waals surface area (Å²) in [6.45, 7) is 4.85. The third-order valence-electron chi connectivity index (χ3n) is 2.87. The van der Waals surface area contributed by atoms with E-state index in [2.05, 4.69) is 27.8 Å². The standard InChI is InChI=1S/C11H15N3OS/c1-8-7-14-9(6-13-11(14)16-8)10-2-3-12-4-5-15-10/h6-7,10,12H,2-5H2,1H3. The van der Waals surface area contributed by atoms with E-state index in [0.29, 0.717) is 0 Å². The molecule has 1 fully saturated rings. The number of nitrogens with one attached hydrogen (secondary N) is 1. The van der Waals surface area contributed by atoms with Gasteiger partial charge in [0, 0.05) is 17.6 Å². The summed E-state index contributed by atoms with van der Waals surface area (Å²) in [6.07, 6.45) is 5.28. The molecule has 2 aromatic rings. The Kier molecular flexibility index (Phi) is 2.67. The van der Waals surface area contributed by atoms with Crippen molar-refractivity contribution < 1.29 is 4.74 Å². The lowest BCUT2D eigenvalue weighted by Gasteiger charge is -2.13. The second kappa shape index (κ2) is 4.16. The van der Waals surface area contributed by atoms with Gasteiger partial charge >= 0.3 is 0 Å². The van der Waals surface area contributed by atoms with Gasteiger partial charge in [-0.1, -0.05) is 0 Å². The summed E-state index contributed by atoms with van der Waals surface area (Å²) < 4.78 is 8.01. The smallest absolute Gasteiger partial charge is 0.194 e. The monoisotopic (exact) mass is 237 g/mol. The number of hydrogen-bond acceptors (Lipinski definition) is 4. The van der Waals surface area contributed by atoms with Crippen LogP contribution in [0.2, 0.25) is 0 Å². The van der Waals surface area contributed by atoms with Gasteiger partial charge in [0.2, 0.25) is 0 Å². The molecule has 1 saturated heterocycles. The molecule has 0 radical (unpaired) electrons. The van der Waals surface area contributed by atoms with Crippen molar-refractivity contribution in [3.8, 4) is 0 Å². The minimum absolute atomic E-state index is 0.180. The van der Waals surface area contributed by atoms with Crippen molar-refractivity contribution in [1.29, 1.82) is 0 Å². The minimum atomic E-state index is 0.180. The number of hydrogen-bond donors (Lipinski definition) is 1. The van der Waals surface area contributed by atoms with E-state index in [4.69, 9.17) is 4.74 Å². The lowest BCUT2D eigenvalue weighted by Crippen LogP contribution is -2.16. The summed E-state index contributed by atoms with van der Waals surface area (Å²) in [7, 11) is 0. The van der Waals surface area contributed by atoms with Gasteiger partial charge in [0.15, 0.2) is 4.96 Å². The molecule has 2 aromatic heterocycles. The quantitative estimate of drug-likeness (QED) is 0.821. The van der Waals surface area contributed by atoms with Gasteiger partial charge in [0.05, 0.1) is 18.5 Å². The zero-order valence-corrected chi connectivity index (χ0v) is 10.1. The summed E-state index contributed by atoms with van der Waals surface area (Å²) >= 11 is 1.72. The number of aryl methyl sites for hydroxylation is 1. The maximum Gasteiger partial charge on any atom is 0.194 e. The molecular formula is C11H15N3OS. The van der Waals surface area contributed by atoms with E-state index in [9.17, 15) is 0 Å². The van der Waals surface area contributed by atoms with E-state index in [1.165, 1.54) is 10.6 Å². The highest BCUT2D eigenvalue weighted by Gasteiger charge is 2.19. The summed E-state index contributed by atoms with van der Waals surface area (Å²) in [5.41, 5.74) is 1.18. The lowest BCUT2D eigenvalue weighted by molar-refractivity contribution is 0.0608. The van der Waals surface area contributed by atoms with E-state index in [1.807, 2.05) is 6.20 Å². The van der Waals surface area contributed by atoms with Gasteiger partial charge in [-0.15, -0.1) is 11.3 Å². The molecule has 1 aliphatic rings. The normalized spacial score (nSPS) is 22.4. The first-order valence-corrected chi connectivity index (χ1v) is 6.42. The van der Waals surface area contributed by atoms with E-state index < -0.39 is 0 Å². The molecule has 1 aliphatic heterocycles. The molecule has 4 nitrogen and oxygen atoms in total. The van der Waals surface area contributed by atoms with Crippen molar-refractivity contribution in [1.82, 2.24) is 14.7 Å². The van der Waals surface area contributed by atoms with Gasteiger partial charge in [0.1, 0.15) is 6.10 Å². The third kappa shape index (κ3) is 1.75. The van der Waals surface area contributed by atoms with E-state index in [0.717, 1.165) is 31.1 Å². The van der Waals surface area contributed by atoms with Gasteiger partial charge < -0.3 is 10.1 Å². The number of imidazole rings is 1. The summed E-state index contributed by atoms with van der Waals surface area (Å²) in [5.74, 6) is 0. The van der Waals surface area contributed by atoms with Crippen molar-refractivity contribution in [3.05, 3.63) is 23.0 Å². The van der Waals surface area contributed by atoms with Crippen molar-refractivity contribution in [2.75, 3.05) is 19.7 Å². The average molecular weight is 237 g/mol. The van der Waals surface area contributed by atoms with Gasteiger partial charge in [0.25, 0.3) is 0 Å². The fourth-order valence-electron chi connectivity index (χ4n) is 2.10. The first-order valence-electron chi connectivity index (χ1n) is 5.60. The second-order valence-corrected chi connectivity index (χ2v) is 5.29. The highest BCUT2D eigenvalue weighted by atomic mass is 32.1. The molecule has 0 aromatic carbocycles. The van der Waals surface area contributed by atoms with Crippen LogP contribution in [0.3, 0.4) is 0 Å². The summed E-state index contributed by atoms with van der Waals surface area (Å²) in [4.78, 5) is 6.78. The molecular weight excluding hydrogens is 222 g/mol. The Bertz CT molecular complexity index is 482. The molecule has 1 N–H and O–H groups in total. The van der Waals surface area contributed by atoms with Crippen LogP contribution in [0.5, 0.6) is 0 Å². The fraction of sp³-hybridized carbons (Fsp3) is 0.545. The van der Waals surface area contributed by atoms with Crippen LogP contribution in [-0.4, -0.2) is 29.1 Å². The molecule has 1 atom stereocenters. The lowest BCUT2D eigenvalue weighted by atomic mass is 10.2. The van der Waals surface area contributed by atoms with Gasteiger partial charge in [-0.25, -0.2) is 4.98 Å². The Hall–Kier alpha value is -0.910. The molecule has 0 spiro atoms. The fourth-order valence-corrected chi connectivity index (χ4v) is 2.91. The Balaban J connectivity index is 1.96. The predicted octanol–water partition coefficient (Wildman–Crippen LogP) is 1.76. The topological polar surface area (TPSA) is 38.6 Å². The Morgan fingerprint density at radius 1 is 1.56 bits per heavy atom. The number of thiazole rings is 1. The third-order valence-corrected chi connectivity index (χ3v) is 3.78. The second-order valence-electron chi connectivity index (χ2n) is 4.08. The average Bonchev–Trinajstić information content (AvgIpc) is 2.68. The van der Waals surface area contributed by atoms with E-state index in [-0.39, 0.29) is 6.10 Å². The maximum atomic E-state index is 5.85. The van der Waals surface area contributed by atoms with Gasteiger partial charge in [-0.3, -0.25) is 4.40 Å². The van der Waals surface area contributed by atoms with Crippen molar-refractivity contribution in [2.24, 2.45) is 0 Å². The SMILES string of the molecule is Cc1cn2c(C3CCNCCO3)cnc2s1. The van der Waals surface area contributed by atoms with E-state index >= 15 is 0 Å². The van der Waals surface area contributed by atoms with Gasteiger partial charge in [-0.2, -0.15) is 0 Å². The van der Waals surface area contributed by atoms with Crippen molar-refractivity contribution in [2.45, 2.75) is 19.4 Å². The first kappa shape index (κ1) is 10.3. The summed E-state index contributed by atoms with van der Waals surface area (Å²) in [5, 5.41) is 3.34. The van der Waals surface area contributed by atoms with E-state index in [1.54, 1.807) is 11.3 Å². The Morgan fingerprint density at radius 2 is 2.50 bits per heavy atom. The van der Waals surface area contributed by atoms with Crippen LogP contribution in [0, 0.1) is 6.92 Å². The number of ether oxygens (including phenoxy) is 1. The van der Waals surface area contributed by atoms with Crippen molar-refractivity contribution >= 4 is 16.3 Å². The molecule has 1 unspecified atom stereocenters. The number of nitrogens with zero attached hydrogens (tertiary/aromatic N) is 2. The number of fused-ring (bicyclic) bond motifs is 1. The molecule has 3 rings (SSSR count).